The number of carbonyl (C=O) groups is 1. The Hall–Kier alpha value is -0.810. The van der Waals surface area contributed by atoms with Crippen LogP contribution in [0.3, 0.4) is 0 Å². The van der Waals surface area contributed by atoms with Gasteiger partial charge in [-0.05, 0) is 40.0 Å². The maximum Gasteiger partial charge on any atom is 0.410 e. The molecule has 1 unspecified atom stereocenters. The van der Waals surface area contributed by atoms with E-state index in [1.165, 1.54) is 0 Å². The Morgan fingerprint density at radius 3 is 2.44 bits per heavy atom. The third-order valence-corrected chi connectivity index (χ3v) is 4.12. The lowest BCUT2D eigenvalue weighted by Crippen LogP contribution is -2.58. The van der Waals surface area contributed by atoms with Crippen molar-refractivity contribution in [1.82, 2.24) is 4.90 Å². The molecular formula is C13H24N2O3. The molecule has 1 aliphatic heterocycles. The van der Waals surface area contributed by atoms with Crippen LogP contribution in [0.25, 0.3) is 0 Å². The molecule has 1 heterocycles. The van der Waals surface area contributed by atoms with Gasteiger partial charge in [0, 0.05) is 25.0 Å². The molecule has 0 aromatic rings. The fourth-order valence-electron chi connectivity index (χ4n) is 2.75. The zero-order valence-electron chi connectivity index (χ0n) is 11.5. The van der Waals surface area contributed by atoms with Gasteiger partial charge in [0.2, 0.25) is 0 Å². The van der Waals surface area contributed by atoms with Crippen LogP contribution in [0.2, 0.25) is 0 Å². The molecule has 5 heteroatoms. The highest BCUT2D eigenvalue weighted by molar-refractivity contribution is 5.68. The average molecular weight is 256 g/mol. The molecule has 0 aromatic carbocycles. The largest absolute Gasteiger partial charge is 0.444 e. The maximum absolute atomic E-state index is 12.0. The minimum absolute atomic E-state index is 0.184. The van der Waals surface area contributed by atoms with Crippen molar-refractivity contribution >= 4 is 6.09 Å². The molecule has 1 aliphatic carbocycles. The minimum atomic E-state index is -0.800. The normalized spacial score (nSPS) is 30.4. The summed E-state index contributed by atoms with van der Waals surface area (Å²) < 4.78 is 5.37. The molecule has 3 N–H and O–H groups in total. The van der Waals surface area contributed by atoms with E-state index in [4.69, 9.17) is 10.5 Å². The van der Waals surface area contributed by atoms with Crippen LogP contribution in [0.1, 0.15) is 40.0 Å². The van der Waals surface area contributed by atoms with E-state index in [1.54, 1.807) is 4.90 Å². The van der Waals surface area contributed by atoms with E-state index in [1.807, 2.05) is 20.8 Å². The van der Waals surface area contributed by atoms with Gasteiger partial charge in [-0.1, -0.05) is 0 Å². The lowest BCUT2D eigenvalue weighted by molar-refractivity contribution is -0.0807. The summed E-state index contributed by atoms with van der Waals surface area (Å²) in [5.41, 5.74) is 4.23. The molecule has 2 fully saturated rings. The van der Waals surface area contributed by atoms with Gasteiger partial charge < -0.3 is 20.5 Å². The highest BCUT2D eigenvalue weighted by Crippen LogP contribution is 2.57. The van der Waals surface area contributed by atoms with Gasteiger partial charge >= 0.3 is 6.09 Å². The molecule has 5 nitrogen and oxygen atoms in total. The van der Waals surface area contributed by atoms with Gasteiger partial charge in [0.1, 0.15) is 5.60 Å². The number of piperidine rings is 1. The Balaban J connectivity index is 2.02. The van der Waals surface area contributed by atoms with Gasteiger partial charge in [0.25, 0.3) is 0 Å². The van der Waals surface area contributed by atoms with Gasteiger partial charge in [-0.15, -0.1) is 0 Å². The van der Waals surface area contributed by atoms with E-state index in [2.05, 4.69) is 0 Å². The van der Waals surface area contributed by atoms with Crippen molar-refractivity contribution in [2.75, 3.05) is 19.6 Å². The molecule has 18 heavy (non-hydrogen) atoms. The van der Waals surface area contributed by atoms with E-state index in [0.29, 0.717) is 19.5 Å². The number of aliphatic hydroxyl groups is 1. The molecule has 1 amide bonds. The van der Waals surface area contributed by atoms with Crippen LogP contribution in [0.5, 0.6) is 0 Å². The van der Waals surface area contributed by atoms with Crippen LogP contribution in [0.4, 0.5) is 4.79 Å². The van der Waals surface area contributed by atoms with Crippen LogP contribution in [0, 0.1) is 5.41 Å². The number of likely N-dealkylation sites (tertiary alicyclic amines) is 1. The topological polar surface area (TPSA) is 75.8 Å². The van der Waals surface area contributed by atoms with Crippen LogP contribution in [-0.2, 0) is 4.74 Å². The van der Waals surface area contributed by atoms with E-state index in [9.17, 15) is 9.90 Å². The van der Waals surface area contributed by atoms with E-state index in [0.717, 1.165) is 12.8 Å². The van der Waals surface area contributed by atoms with Crippen molar-refractivity contribution in [3.63, 3.8) is 0 Å². The number of ether oxygens (including phenoxy) is 1. The van der Waals surface area contributed by atoms with Gasteiger partial charge in [-0.25, -0.2) is 4.79 Å². The van der Waals surface area contributed by atoms with Gasteiger partial charge in [0.05, 0.1) is 5.60 Å². The third-order valence-electron chi connectivity index (χ3n) is 4.12. The fourth-order valence-corrected chi connectivity index (χ4v) is 2.75. The molecule has 0 radical (unpaired) electrons. The molecule has 1 atom stereocenters. The first-order valence-corrected chi connectivity index (χ1v) is 6.62. The molecule has 0 aromatic heterocycles. The quantitative estimate of drug-likeness (QED) is 0.736. The number of hydrogen-bond acceptors (Lipinski definition) is 4. The second-order valence-electron chi connectivity index (χ2n) is 6.67. The predicted octanol–water partition coefficient (Wildman–Crippen LogP) is 1.10. The molecule has 0 bridgehead atoms. The third kappa shape index (κ3) is 2.34. The standard InChI is InChI=1S/C13H24N2O3/c1-11(2,3)18-10(16)15-7-6-13(17,8-14)12(9-15)4-5-12/h17H,4-9,14H2,1-3H3. The molecule has 1 saturated heterocycles. The highest BCUT2D eigenvalue weighted by atomic mass is 16.6. The maximum atomic E-state index is 12.0. The first-order valence-electron chi connectivity index (χ1n) is 6.62. The monoisotopic (exact) mass is 256 g/mol. The number of rotatable bonds is 1. The number of nitrogens with zero attached hydrogens (tertiary/aromatic N) is 1. The van der Waals surface area contributed by atoms with Crippen molar-refractivity contribution in [1.29, 1.82) is 0 Å². The molecule has 2 aliphatic rings. The summed E-state index contributed by atoms with van der Waals surface area (Å²) in [5, 5.41) is 10.5. The van der Waals surface area contributed by atoms with E-state index < -0.39 is 11.2 Å². The van der Waals surface area contributed by atoms with Crippen LogP contribution in [0.15, 0.2) is 0 Å². The van der Waals surface area contributed by atoms with Crippen molar-refractivity contribution in [2.45, 2.75) is 51.2 Å². The molecule has 1 spiro atoms. The fraction of sp³-hybridized carbons (Fsp3) is 0.923. The van der Waals surface area contributed by atoms with Crippen molar-refractivity contribution in [2.24, 2.45) is 11.1 Å². The number of hydrogen-bond donors (Lipinski definition) is 2. The number of amides is 1. The SMILES string of the molecule is CC(C)(C)OC(=O)N1CCC(O)(CN)C2(CC2)C1. The Kier molecular flexibility index (Phi) is 3.10. The Bertz CT molecular complexity index is 347. The van der Waals surface area contributed by atoms with Gasteiger partial charge in [-0.2, -0.15) is 0 Å². The van der Waals surface area contributed by atoms with E-state index in [-0.39, 0.29) is 18.1 Å². The molecular weight excluding hydrogens is 232 g/mol. The number of nitrogens with two attached hydrogens (primary N) is 1. The zero-order chi connectivity index (χ0) is 13.6. The minimum Gasteiger partial charge on any atom is -0.444 e. The first kappa shape index (κ1) is 13.6. The lowest BCUT2D eigenvalue weighted by atomic mass is 9.78. The zero-order valence-corrected chi connectivity index (χ0v) is 11.5. The van der Waals surface area contributed by atoms with Crippen LogP contribution < -0.4 is 5.73 Å². The smallest absolute Gasteiger partial charge is 0.410 e. The average Bonchev–Trinajstić information content (AvgIpc) is 3.01. The summed E-state index contributed by atoms with van der Waals surface area (Å²) in [7, 11) is 0. The van der Waals surface area contributed by atoms with Crippen molar-refractivity contribution < 1.29 is 14.6 Å². The van der Waals surface area contributed by atoms with E-state index >= 15 is 0 Å². The first-order chi connectivity index (χ1) is 8.21. The second kappa shape index (κ2) is 4.10. The summed E-state index contributed by atoms with van der Waals surface area (Å²) in [6.07, 6.45) is 2.15. The van der Waals surface area contributed by atoms with Crippen molar-refractivity contribution in [3.8, 4) is 0 Å². The number of carbonyl (C=O) groups excluding carboxylic acids is 1. The van der Waals surface area contributed by atoms with Crippen LogP contribution >= 0.6 is 0 Å². The van der Waals surface area contributed by atoms with Crippen LogP contribution in [-0.4, -0.2) is 46.9 Å². The Morgan fingerprint density at radius 1 is 1.39 bits per heavy atom. The Morgan fingerprint density at radius 2 is 2.00 bits per heavy atom. The predicted molar refractivity (Wildman–Crippen MR) is 68.1 cm³/mol. The summed E-state index contributed by atoms with van der Waals surface area (Å²) in [4.78, 5) is 13.7. The summed E-state index contributed by atoms with van der Waals surface area (Å²) in [6, 6.07) is 0. The lowest BCUT2D eigenvalue weighted by Gasteiger charge is -2.44. The molecule has 104 valence electrons. The second-order valence-corrected chi connectivity index (χ2v) is 6.67. The highest BCUT2D eigenvalue weighted by Gasteiger charge is 2.61. The molecule has 1 saturated carbocycles. The van der Waals surface area contributed by atoms with Crippen molar-refractivity contribution in [3.05, 3.63) is 0 Å². The molecule has 2 rings (SSSR count). The van der Waals surface area contributed by atoms with Gasteiger partial charge in [0.15, 0.2) is 0 Å². The van der Waals surface area contributed by atoms with Gasteiger partial charge in [-0.3, -0.25) is 0 Å². The summed E-state index contributed by atoms with van der Waals surface area (Å²) in [6.45, 7) is 6.93. The summed E-state index contributed by atoms with van der Waals surface area (Å²) in [5.74, 6) is 0. The summed E-state index contributed by atoms with van der Waals surface area (Å²) >= 11 is 0. The Labute approximate surface area is 108 Å².